The highest BCUT2D eigenvalue weighted by Crippen LogP contribution is 2.26. The fourth-order valence-corrected chi connectivity index (χ4v) is 2.60. The minimum Gasteiger partial charge on any atom is -0.379 e. The Morgan fingerprint density at radius 1 is 1.42 bits per heavy atom. The SMILES string of the molecule is Cc1nc2c(N=S)cc(CN3CCOCC3)cc2[nH]1. The summed E-state index contributed by atoms with van der Waals surface area (Å²) in [6.07, 6.45) is 0. The molecule has 0 atom stereocenters. The van der Waals surface area contributed by atoms with Crippen molar-refractivity contribution in [3.63, 3.8) is 0 Å². The number of rotatable bonds is 3. The van der Waals surface area contributed by atoms with E-state index >= 15 is 0 Å². The molecule has 1 saturated heterocycles. The lowest BCUT2D eigenvalue weighted by molar-refractivity contribution is 0.0342. The predicted molar refractivity (Wildman–Crippen MR) is 76.4 cm³/mol. The minimum atomic E-state index is 0.778. The van der Waals surface area contributed by atoms with Gasteiger partial charge in [0.05, 0.1) is 18.7 Å². The Kier molecular flexibility index (Phi) is 3.54. The third-order valence-electron chi connectivity index (χ3n) is 3.35. The van der Waals surface area contributed by atoms with E-state index in [0.29, 0.717) is 0 Å². The molecule has 0 amide bonds. The van der Waals surface area contributed by atoms with Crippen molar-refractivity contribution in [1.82, 2.24) is 14.9 Å². The molecule has 5 nitrogen and oxygen atoms in total. The monoisotopic (exact) mass is 276 g/mol. The third kappa shape index (κ3) is 2.65. The van der Waals surface area contributed by atoms with E-state index in [2.05, 4.69) is 25.3 Å². The number of hydrogen-bond acceptors (Lipinski definition) is 5. The van der Waals surface area contributed by atoms with Crippen LogP contribution in [0.15, 0.2) is 16.5 Å². The first-order chi connectivity index (χ1) is 9.26. The van der Waals surface area contributed by atoms with Crippen LogP contribution in [-0.4, -0.2) is 41.2 Å². The first-order valence-electron chi connectivity index (χ1n) is 6.39. The van der Waals surface area contributed by atoms with Gasteiger partial charge in [-0.05, 0) is 24.6 Å². The van der Waals surface area contributed by atoms with Crippen molar-refractivity contribution >= 4 is 29.1 Å². The zero-order chi connectivity index (χ0) is 13.2. The number of imidazole rings is 1. The van der Waals surface area contributed by atoms with Gasteiger partial charge in [-0.1, -0.05) is 0 Å². The number of benzene rings is 1. The van der Waals surface area contributed by atoms with Crippen molar-refractivity contribution in [2.75, 3.05) is 26.3 Å². The van der Waals surface area contributed by atoms with Crippen molar-refractivity contribution < 1.29 is 4.74 Å². The van der Waals surface area contributed by atoms with E-state index in [0.717, 1.165) is 55.4 Å². The van der Waals surface area contributed by atoms with E-state index in [1.807, 2.05) is 13.0 Å². The first-order valence-corrected chi connectivity index (χ1v) is 6.75. The number of aromatic nitrogens is 2. The topological polar surface area (TPSA) is 53.5 Å². The van der Waals surface area contributed by atoms with Gasteiger partial charge in [0.2, 0.25) is 0 Å². The summed E-state index contributed by atoms with van der Waals surface area (Å²) in [6, 6.07) is 4.17. The molecular formula is C13H16N4OS. The highest BCUT2D eigenvalue weighted by molar-refractivity contribution is 7.47. The molecular weight excluding hydrogens is 260 g/mol. The molecule has 1 aliphatic rings. The van der Waals surface area contributed by atoms with Gasteiger partial charge in [0, 0.05) is 32.1 Å². The lowest BCUT2D eigenvalue weighted by Gasteiger charge is -2.26. The lowest BCUT2D eigenvalue weighted by Crippen LogP contribution is -2.35. The van der Waals surface area contributed by atoms with Crippen molar-refractivity contribution in [3.8, 4) is 0 Å². The fraction of sp³-hybridized carbons (Fsp3) is 0.462. The van der Waals surface area contributed by atoms with Crippen LogP contribution in [0, 0.1) is 6.92 Å². The summed E-state index contributed by atoms with van der Waals surface area (Å²) in [5, 5.41) is 0. The van der Waals surface area contributed by atoms with Gasteiger partial charge in [0.15, 0.2) is 0 Å². The highest BCUT2D eigenvalue weighted by Gasteiger charge is 2.13. The van der Waals surface area contributed by atoms with Gasteiger partial charge in [0.25, 0.3) is 0 Å². The molecule has 0 radical (unpaired) electrons. The number of H-pyrrole nitrogens is 1. The second-order valence-corrected chi connectivity index (χ2v) is 5.00. The van der Waals surface area contributed by atoms with E-state index in [4.69, 9.17) is 17.2 Å². The van der Waals surface area contributed by atoms with Gasteiger partial charge in [-0.25, -0.2) is 4.98 Å². The van der Waals surface area contributed by atoms with Gasteiger partial charge in [0.1, 0.15) is 17.0 Å². The minimum absolute atomic E-state index is 0.778. The summed E-state index contributed by atoms with van der Waals surface area (Å²) in [4.78, 5) is 10.0. The smallest absolute Gasteiger partial charge is 0.115 e. The number of aromatic amines is 1. The van der Waals surface area contributed by atoms with E-state index in [1.165, 1.54) is 5.56 Å². The van der Waals surface area contributed by atoms with Gasteiger partial charge >= 0.3 is 0 Å². The molecule has 0 aliphatic carbocycles. The molecule has 1 N–H and O–H groups in total. The molecule has 0 bridgehead atoms. The molecule has 0 unspecified atom stereocenters. The zero-order valence-corrected chi connectivity index (χ0v) is 11.7. The Hall–Kier alpha value is -1.37. The van der Waals surface area contributed by atoms with E-state index in [9.17, 15) is 0 Å². The summed E-state index contributed by atoms with van der Waals surface area (Å²) >= 11 is 4.86. The number of morpholine rings is 1. The molecule has 1 aromatic heterocycles. The maximum Gasteiger partial charge on any atom is 0.115 e. The summed E-state index contributed by atoms with van der Waals surface area (Å²) in [5.41, 5.74) is 3.85. The number of aryl methyl sites for hydroxylation is 1. The maximum atomic E-state index is 5.36. The largest absolute Gasteiger partial charge is 0.379 e. The van der Waals surface area contributed by atoms with Crippen LogP contribution in [0.4, 0.5) is 5.69 Å². The Labute approximate surface area is 117 Å². The second kappa shape index (κ2) is 5.32. The van der Waals surface area contributed by atoms with Crippen LogP contribution in [0.2, 0.25) is 0 Å². The Bertz CT molecular complexity index is 604. The molecule has 0 saturated carbocycles. The highest BCUT2D eigenvalue weighted by atomic mass is 32.1. The van der Waals surface area contributed by atoms with Crippen molar-refractivity contribution in [2.45, 2.75) is 13.5 Å². The molecule has 19 heavy (non-hydrogen) atoms. The van der Waals surface area contributed by atoms with Crippen molar-refractivity contribution in [1.29, 1.82) is 0 Å². The van der Waals surface area contributed by atoms with Gasteiger partial charge < -0.3 is 9.72 Å². The molecule has 6 heteroatoms. The third-order valence-corrected chi connectivity index (χ3v) is 3.55. The summed E-state index contributed by atoms with van der Waals surface area (Å²) < 4.78 is 9.29. The Balaban J connectivity index is 1.92. The van der Waals surface area contributed by atoms with Crippen LogP contribution >= 0.6 is 0 Å². The summed E-state index contributed by atoms with van der Waals surface area (Å²) in [6.45, 7) is 6.40. The van der Waals surface area contributed by atoms with Gasteiger partial charge in [-0.2, -0.15) is 4.36 Å². The number of nitrogens with one attached hydrogen (secondary N) is 1. The number of fused-ring (bicyclic) bond motifs is 1. The first kappa shape index (κ1) is 12.7. The molecule has 1 fully saturated rings. The summed E-state index contributed by atoms with van der Waals surface area (Å²) in [5.74, 6) is 0.887. The van der Waals surface area contributed by atoms with Gasteiger partial charge in [-0.3, -0.25) is 4.90 Å². The van der Waals surface area contributed by atoms with Crippen LogP contribution in [-0.2, 0) is 23.7 Å². The van der Waals surface area contributed by atoms with Crippen LogP contribution in [0.1, 0.15) is 11.4 Å². The Morgan fingerprint density at radius 2 is 2.21 bits per heavy atom. The van der Waals surface area contributed by atoms with Gasteiger partial charge in [-0.15, -0.1) is 0 Å². The normalized spacial score (nSPS) is 16.9. The molecule has 100 valence electrons. The van der Waals surface area contributed by atoms with Crippen LogP contribution < -0.4 is 0 Å². The lowest BCUT2D eigenvalue weighted by atomic mass is 10.1. The van der Waals surface area contributed by atoms with Crippen LogP contribution in [0.3, 0.4) is 0 Å². The number of ether oxygens (including phenoxy) is 1. The molecule has 0 spiro atoms. The summed E-state index contributed by atoms with van der Waals surface area (Å²) in [7, 11) is 0. The second-order valence-electron chi connectivity index (χ2n) is 4.81. The quantitative estimate of drug-likeness (QED) is 0.932. The average Bonchev–Trinajstić information content (AvgIpc) is 2.79. The van der Waals surface area contributed by atoms with Crippen LogP contribution in [0.5, 0.6) is 0 Å². The van der Waals surface area contributed by atoms with Crippen LogP contribution in [0.25, 0.3) is 11.0 Å². The Morgan fingerprint density at radius 3 is 2.95 bits per heavy atom. The molecule has 3 rings (SSSR count). The number of hydrogen-bond donors (Lipinski definition) is 1. The van der Waals surface area contributed by atoms with E-state index < -0.39 is 0 Å². The molecule has 2 aromatic rings. The van der Waals surface area contributed by atoms with E-state index in [1.54, 1.807) is 0 Å². The van der Waals surface area contributed by atoms with Crippen molar-refractivity contribution in [3.05, 3.63) is 23.5 Å². The van der Waals surface area contributed by atoms with Crippen molar-refractivity contribution in [2.24, 2.45) is 4.36 Å². The average molecular weight is 276 g/mol. The molecule has 2 heterocycles. The molecule has 1 aromatic carbocycles. The predicted octanol–water partition coefficient (Wildman–Crippen LogP) is 2.07. The number of nitrogens with zero attached hydrogens (tertiary/aromatic N) is 3. The maximum absolute atomic E-state index is 5.36. The molecule has 1 aliphatic heterocycles. The fourth-order valence-electron chi connectivity index (χ4n) is 2.46. The standard InChI is InChI=1S/C13H16N4OS/c1-9-14-11-6-10(7-12(16-19)13(11)15-9)8-17-2-4-18-5-3-17/h6-7H,2-5,8H2,1H3,(H,14,15). The zero-order valence-electron chi connectivity index (χ0n) is 10.8. The van der Waals surface area contributed by atoms with E-state index in [-0.39, 0.29) is 0 Å².